The van der Waals surface area contributed by atoms with Gasteiger partial charge in [0.25, 0.3) is 0 Å². The molecular weight excluding hydrogens is 296 g/mol. The first kappa shape index (κ1) is 11.6. The lowest BCUT2D eigenvalue weighted by Gasteiger charge is -1.99. The van der Waals surface area contributed by atoms with Gasteiger partial charge < -0.3 is 4.42 Å². The van der Waals surface area contributed by atoms with Crippen LogP contribution in [0.4, 0.5) is 4.39 Å². The molecule has 1 aromatic carbocycles. The fourth-order valence-electron chi connectivity index (χ4n) is 1.25. The number of aromatic nitrogens is 1. The molecule has 16 heavy (non-hydrogen) atoms. The summed E-state index contributed by atoms with van der Waals surface area (Å²) in [6.07, 6.45) is 1.58. The fourth-order valence-corrected chi connectivity index (χ4v) is 1.73. The van der Waals surface area contributed by atoms with Crippen LogP contribution in [-0.2, 0) is 0 Å². The summed E-state index contributed by atoms with van der Waals surface area (Å²) >= 11 is 8.95. The lowest BCUT2D eigenvalue weighted by atomic mass is 10.2. The molecule has 0 fully saturated rings. The molecule has 0 saturated heterocycles. The Balaban J connectivity index is 2.39. The van der Waals surface area contributed by atoms with E-state index in [1.165, 1.54) is 6.07 Å². The fraction of sp³-hybridized carbons (Fsp3) is 0.182. The van der Waals surface area contributed by atoms with Gasteiger partial charge in [0.15, 0.2) is 5.76 Å². The van der Waals surface area contributed by atoms with Crippen LogP contribution in [-0.4, -0.2) is 4.98 Å². The molecule has 0 radical (unpaired) electrons. The van der Waals surface area contributed by atoms with E-state index in [4.69, 9.17) is 16.0 Å². The molecule has 0 saturated carbocycles. The molecule has 0 bridgehead atoms. The van der Waals surface area contributed by atoms with E-state index in [1.54, 1.807) is 25.3 Å². The van der Waals surface area contributed by atoms with Crippen molar-refractivity contribution in [3.63, 3.8) is 0 Å². The molecule has 0 aliphatic rings. The zero-order valence-electron chi connectivity index (χ0n) is 8.38. The van der Waals surface area contributed by atoms with Crippen molar-refractivity contribution in [2.45, 2.75) is 12.3 Å². The number of rotatable bonds is 2. The monoisotopic (exact) mass is 303 g/mol. The van der Waals surface area contributed by atoms with Gasteiger partial charge in [0.05, 0.1) is 10.7 Å². The summed E-state index contributed by atoms with van der Waals surface area (Å²) in [5.74, 6) is 0.717. The zero-order valence-corrected chi connectivity index (χ0v) is 10.7. The molecule has 5 heteroatoms. The number of halogens is 3. The molecule has 0 aliphatic heterocycles. The van der Waals surface area contributed by atoms with Gasteiger partial charge in [0, 0.05) is 5.56 Å². The van der Waals surface area contributed by atoms with Crippen LogP contribution in [0.5, 0.6) is 0 Å². The molecule has 2 aromatic rings. The molecule has 0 spiro atoms. The topological polar surface area (TPSA) is 26.0 Å². The van der Waals surface area contributed by atoms with Crippen LogP contribution in [0, 0.1) is 5.82 Å². The van der Waals surface area contributed by atoms with Gasteiger partial charge in [-0.3, -0.25) is 0 Å². The van der Waals surface area contributed by atoms with Gasteiger partial charge in [0.1, 0.15) is 11.2 Å². The molecular formula is C11H8BrClFNO. The first-order valence-corrected chi connectivity index (χ1v) is 5.86. The van der Waals surface area contributed by atoms with Crippen LogP contribution in [0.15, 0.2) is 33.3 Å². The summed E-state index contributed by atoms with van der Waals surface area (Å²) < 4.78 is 18.9. The quantitative estimate of drug-likeness (QED) is 0.761. The minimum absolute atomic E-state index is 0.280. The average molecular weight is 305 g/mol. The normalized spacial score (nSPS) is 12.8. The molecule has 1 aromatic heterocycles. The Labute approximate surface area is 106 Å². The Kier molecular flexibility index (Phi) is 3.30. The highest BCUT2D eigenvalue weighted by Crippen LogP contribution is 2.28. The SMILES string of the molecule is CC(Cl)c1ncc(-c2ccc(F)c(Br)c2)o1. The Hall–Kier alpha value is -0.870. The van der Waals surface area contributed by atoms with Crippen molar-refractivity contribution in [2.75, 3.05) is 0 Å². The number of alkyl halides is 1. The van der Waals surface area contributed by atoms with E-state index in [0.717, 1.165) is 5.56 Å². The van der Waals surface area contributed by atoms with Crippen LogP contribution in [0.25, 0.3) is 11.3 Å². The molecule has 1 heterocycles. The Morgan fingerprint density at radius 3 is 2.81 bits per heavy atom. The molecule has 0 N–H and O–H groups in total. The maximum absolute atomic E-state index is 13.0. The van der Waals surface area contributed by atoms with Crippen LogP contribution < -0.4 is 0 Å². The van der Waals surface area contributed by atoms with Gasteiger partial charge in [0.2, 0.25) is 5.89 Å². The number of hydrogen-bond donors (Lipinski definition) is 0. The van der Waals surface area contributed by atoms with E-state index in [2.05, 4.69) is 20.9 Å². The molecule has 2 rings (SSSR count). The summed E-state index contributed by atoms with van der Waals surface area (Å²) in [6.45, 7) is 1.78. The summed E-state index contributed by atoms with van der Waals surface area (Å²) in [5, 5.41) is -0.280. The van der Waals surface area contributed by atoms with Crippen molar-refractivity contribution in [1.29, 1.82) is 0 Å². The maximum Gasteiger partial charge on any atom is 0.212 e. The summed E-state index contributed by atoms with van der Waals surface area (Å²) in [7, 11) is 0. The predicted octanol–water partition coefficient (Wildman–Crippen LogP) is 4.54. The van der Waals surface area contributed by atoms with Crippen molar-refractivity contribution in [1.82, 2.24) is 4.98 Å². The van der Waals surface area contributed by atoms with Crippen LogP contribution in [0.3, 0.4) is 0 Å². The van der Waals surface area contributed by atoms with E-state index in [1.807, 2.05) is 0 Å². The van der Waals surface area contributed by atoms with Crippen molar-refractivity contribution >= 4 is 27.5 Å². The van der Waals surface area contributed by atoms with E-state index in [-0.39, 0.29) is 11.2 Å². The van der Waals surface area contributed by atoms with E-state index < -0.39 is 0 Å². The molecule has 1 atom stereocenters. The number of hydrogen-bond acceptors (Lipinski definition) is 2. The third kappa shape index (κ3) is 2.28. The van der Waals surface area contributed by atoms with Gasteiger partial charge in [-0.1, -0.05) is 0 Å². The largest absolute Gasteiger partial charge is 0.439 e. The number of oxazole rings is 1. The van der Waals surface area contributed by atoms with Crippen LogP contribution >= 0.6 is 27.5 Å². The third-order valence-electron chi connectivity index (χ3n) is 2.07. The Morgan fingerprint density at radius 1 is 1.50 bits per heavy atom. The highest BCUT2D eigenvalue weighted by atomic mass is 79.9. The van der Waals surface area contributed by atoms with E-state index >= 15 is 0 Å². The van der Waals surface area contributed by atoms with Crippen LogP contribution in [0.2, 0.25) is 0 Å². The van der Waals surface area contributed by atoms with Crippen molar-refractivity contribution < 1.29 is 8.81 Å². The second-order valence-corrected chi connectivity index (χ2v) is 4.82. The summed E-state index contributed by atoms with van der Waals surface area (Å²) in [4.78, 5) is 4.04. The maximum atomic E-state index is 13.0. The summed E-state index contributed by atoms with van der Waals surface area (Å²) in [5.41, 5.74) is 0.754. The smallest absolute Gasteiger partial charge is 0.212 e. The lowest BCUT2D eigenvalue weighted by molar-refractivity contribution is 0.508. The number of benzene rings is 1. The molecule has 0 aliphatic carbocycles. The van der Waals surface area contributed by atoms with Crippen molar-refractivity contribution in [2.24, 2.45) is 0 Å². The van der Waals surface area contributed by atoms with Gasteiger partial charge in [-0.15, -0.1) is 11.6 Å². The Morgan fingerprint density at radius 2 is 2.25 bits per heavy atom. The minimum atomic E-state index is -0.311. The Bertz CT molecular complexity index is 512. The molecule has 1 unspecified atom stereocenters. The number of nitrogens with zero attached hydrogens (tertiary/aromatic N) is 1. The van der Waals surface area contributed by atoms with Gasteiger partial charge >= 0.3 is 0 Å². The predicted molar refractivity (Wildman–Crippen MR) is 63.9 cm³/mol. The van der Waals surface area contributed by atoms with E-state index in [0.29, 0.717) is 16.1 Å². The van der Waals surface area contributed by atoms with Crippen molar-refractivity contribution in [3.8, 4) is 11.3 Å². The second-order valence-electron chi connectivity index (χ2n) is 3.31. The average Bonchev–Trinajstić information content (AvgIpc) is 2.71. The first-order valence-electron chi connectivity index (χ1n) is 4.63. The standard InChI is InChI=1S/C11H8BrClFNO/c1-6(13)11-15-5-10(16-11)7-2-3-9(14)8(12)4-7/h2-6H,1H3. The molecule has 0 amide bonds. The lowest BCUT2D eigenvalue weighted by Crippen LogP contribution is -1.81. The molecule has 84 valence electrons. The van der Waals surface area contributed by atoms with Crippen LogP contribution in [0.1, 0.15) is 18.2 Å². The molecule has 2 nitrogen and oxygen atoms in total. The van der Waals surface area contributed by atoms with Gasteiger partial charge in [-0.05, 0) is 41.1 Å². The van der Waals surface area contributed by atoms with Crippen molar-refractivity contribution in [3.05, 3.63) is 40.6 Å². The van der Waals surface area contributed by atoms with Gasteiger partial charge in [-0.2, -0.15) is 0 Å². The summed E-state index contributed by atoms with van der Waals surface area (Å²) in [6, 6.07) is 4.63. The highest BCUT2D eigenvalue weighted by molar-refractivity contribution is 9.10. The first-order chi connectivity index (χ1) is 7.58. The second kappa shape index (κ2) is 4.55. The minimum Gasteiger partial charge on any atom is -0.439 e. The zero-order chi connectivity index (χ0) is 11.7. The van der Waals surface area contributed by atoms with E-state index in [9.17, 15) is 4.39 Å². The highest BCUT2D eigenvalue weighted by Gasteiger charge is 2.11. The third-order valence-corrected chi connectivity index (χ3v) is 2.86. The van der Waals surface area contributed by atoms with Gasteiger partial charge in [-0.25, -0.2) is 9.37 Å².